The van der Waals surface area contributed by atoms with Gasteiger partial charge in [-0.2, -0.15) is 0 Å². The molecule has 4 heteroatoms. The molecule has 2 N–H and O–H groups in total. The second-order valence-electron chi connectivity index (χ2n) is 7.90. The molecule has 0 bridgehead atoms. The highest BCUT2D eigenvalue weighted by Gasteiger charge is 2.33. The Morgan fingerprint density at radius 3 is 2.33 bits per heavy atom. The maximum absolute atomic E-state index is 12.2. The van der Waals surface area contributed by atoms with Crippen molar-refractivity contribution >= 4 is 11.8 Å². The van der Waals surface area contributed by atoms with Gasteiger partial charge in [-0.3, -0.25) is 9.59 Å². The summed E-state index contributed by atoms with van der Waals surface area (Å²) in [7, 11) is 0. The fraction of sp³-hybridized carbons (Fsp3) is 0.600. The Hall–Kier alpha value is -1.84. The summed E-state index contributed by atoms with van der Waals surface area (Å²) in [5.41, 5.74) is 2.04. The van der Waals surface area contributed by atoms with Crippen LogP contribution >= 0.6 is 0 Å². The second kappa shape index (κ2) is 7.82. The van der Waals surface area contributed by atoms with E-state index in [2.05, 4.69) is 41.8 Å². The van der Waals surface area contributed by atoms with E-state index in [0.29, 0.717) is 25.3 Å². The number of rotatable bonds is 7. The molecule has 24 heavy (non-hydrogen) atoms. The molecule has 2 rings (SSSR count). The number of aryl methyl sites for hydroxylation is 1. The van der Waals surface area contributed by atoms with Gasteiger partial charge in [-0.15, -0.1) is 0 Å². The fourth-order valence-electron chi connectivity index (χ4n) is 2.64. The van der Waals surface area contributed by atoms with Crippen molar-refractivity contribution in [3.63, 3.8) is 0 Å². The monoisotopic (exact) mass is 330 g/mol. The van der Waals surface area contributed by atoms with Crippen LogP contribution in [-0.2, 0) is 9.59 Å². The van der Waals surface area contributed by atoms with E-state index in [1.165, 1.54) is 24.0 Å². The summed E-state index contributed by atoms with van der Waals surface area (Å²) in [6.45, 7) is 8.27. The summed E-state index contributed by atoms with van der Waals surface area (Å²) in [5.74, 6) is 0.660. The maximum atomic E-state index is 12.2. The number of benzene rings is 1. The molecule has 0 saturated heterocycles. The van der Waals surface area contributed by atoms with Crippen molar-refractivity contribution in [2.75, 3.05) is 6.54 Å². The van der Waals surface area contributed by atoms with Crippen LogP contribution in [-0.4, -0.2) is 18.4 Å². The summed E-state index contributed by atoms with van der Waals surface area (Å²) in [4.78, 5) is 24.0. The van der Waals surface area contributed by atoms with E-state index in [4.69, 9.17) is 0 Å². The maximum Gasteiger partial charge on any atom is 0.225 e. The predicted molar refractivity (Wildman–Crippen MR) is 96.5 cm³/mol. The van der Waals surface area contributed by atoms with Crippen LogP contribution in [0, 0.1) is 18.3 Å². The zero-order valence-corrected chi connectivity index (χ0v) is 15.3. The first-order valence-corrected chi connectivity index (χ1v) is 8.91. The first-order chi connectivity index (χ1) is 11.3. The first-order valence-electron chi connectivity index (χ1n) is 8.91. The molecule has 1 aliphatic rings. The third-order valence-electron chi connectivity index (χ3n) is 4.39. The summed E-state index contributed by atoms with van der Waals surface area (Å²) < 4.78 is 0. The molecule has 1 saturated carbocycles. The normalized spacial score (nSPS) is 15.7. The lowest BCUT2D eigenvalue weighted by molar-refractivity contribution is -0.128. The van der Waals surface area contributed by atoms with Crippen LogP contribution in [0.4, 0.5) is 0 Å². The van der Waals surface area contributed by atoms with Crippen LogP contribution < -0.4 is 10.6 Å². The van der Waals surface area contributed by atoms with Crippen LogP contribution in [0.2, 0.25) is 0 Å². The van der Waals surface area contributed by atoms with Gasteiger partial charge >= 0.3 is 0 Å². The van der Waals surface area contributed by atoms with Gasteiger partial charge in [0.25, 0.3) is 0 Å². The van der Waals surface area contributed by atoms with E-state index in [1.807, 2.05) is 20.8 Å². The van der Waals surface area contributed by atoms with E-state index >= 15 is 0 Å². The number of amides is 2. The Morgan fingerprint density at radius 1 is 1.17 bits per heavy atom. The minimum absolute atomic E-state index is 0.0263. The van der Waals surface area contributed by atoms with E-state index in [9.17, 15) is 9.59 Å². The Labute approximate surface area is 145 Å². The zero-order valence-electron chi connectivity index (χ0n) is 15.3. The molecule has 1 unspecified atom stereocenters. The Balaban J connectivity index is 1.77. The lowest BCUT2D eigenvalue weighted by Gasteiger charge is -2.20. The molecule has 1 fully saturated rings. The topological polar surface area (TPSA) is 58.2 Å². The van der Waals surface area contributed by atoms with Crippen LogP contribution in [0.1, 0.15) is 63.6 Å². The molecule has 1 aromatic rings. The van der Waals surface area contributed by atoms with E-state index in [1.54, 1.807) is 0 Å². The molecule has 2 amide bonds. The molecule has 0 aromatic heterocycles. The lowest BCUT2D eigenvalue weighted by Crippen LogP contribution is -2.36. The average Bonchev–Trinajstić information content (AvgIpc) is 3.34. The predicted octanol–water partition coefficient (Wildman–Crippen LogP) is 3.50. The summed E-state index contributed by atoms with van der Waals surface area (Å²) in [6, 6.07) is 8.55. The van der Waals surface area contributed by atoms with Gasteiger partial charge in [0.1, 0.15) is 0 Å². The number of hydrogen-bond donors (Lipinski definition) is 2. The Morgan fingerprint density at radius 2 is 1.79 bits per heavy atom. The van der Waals surface area contributed by atoms with Gasteiger partial charge in [0.15, 0.2) is 0 Å². The van der Waals surface area contributed by atoms with Gasteiger partial charge in [0, 0.05) is 18.4 Å². The van der Waals surface area contributed by atoms with Crippen molar-refractivity contribution in [1.82, 2.24) is 10.6 Å². The van der Waals surface area contributed by atoms with Crippen molar-refractivity contribution in [2.24, 2.45) is 11.3 Å². The second-order valence-corrected chi connectivity index (χ2v) is 7.90. The first kappa shape index (κ1) is 18.5. The molecular weight excluding hydrogens is 300 g/mol. The molecule has 1 aromatic carbocycles. The van der Waals surface area contributed by atoms with Crippen molar-refractivity contribution in [3.05, 3.63) is 35.4 Å². The molecule has 1 atom stereocenters. The van der Waals surface area contributed by atoms with Gasteiger partial charge in [0.2, 0.25) is 11.8 Å². The van der Waals surface area contributed by atoms with Gasteiger partial charge in [0.05, 0.1) is 6.04 Å². The highest BCUT2D eigenvalue weighted by atomic mass is 16.2. The van der Waals surface area contributed by atoms with Crippen molar-refractivity contribution in [2.45, 2.75) is 59.4 Å². The largest absolute Gasteiger partial charge is 0.356 e. The molecule has 0 heterocycles. The standard InChI is InChI=1S/C20H30N2O2/c1-14-7-9-15(10-8-14)18(16-11-12-16)22-17(23)6-5-13-21-19(24)20(2,3)4/h7-10,16,18H,5-6,11-13H2,1-4H3,(H,21,24)(H,22,23). The third kappa shape index (κ3) is 5.66. The highest BCUT2D eigenvalue weighted by molar-refractivity contribution is 5.81. The highest BCUT2D eigenvalue weighted by Crippen LogP contribution is 2.41. The Bertz CT molecular complexity index is 568. The minimum atomic E-state index is -0.384. The fourth-order valence-corrected chi connectivity index (χ4v) is 2.64. The van der Waals surface area contributed by atoms with Gasteiger partial charge in [-0.25, -0.2) is 0 Å². The molecule has 0 aliphatic heterocycles. The van der Waals surface area contributed by atoms with Crippen molar-refractivity contribution in [1.29, 1.82) is 0 Å². The number of nitrogens with one attached hydrogen (secondary N) is 2. The molecule has 132 valence electrons. The number of hydrogen-bond acceptors (Lipinski definition) is 2. The van der Waals surface area contributed by atoms with Gasteiger partial charge in [-0.1, -0.05) is 50.6 Å². The van der Waals surface area contributed by atoms with E-state index in [0.717, 1.165) is 0 Å². The number of carbonyl (C=O) groups is 2. The summed E-state index contributed by atoms with van der Waals surface area (Å²) in [5, 5.41) is 6.07. The molecule has 4 nitrogen and oxygen atoms in total. The van der Waals surface area contributed by atoms with Crippen LogP contribution in [0.25, 0.3) is 0 Å². The quantitative estimate of drug-likeness (QED) is 0.752. The number of carbonyl (C=O) groups excluding carboxylic acids is 2. The van der Waals surface area contributed by atoms with Crippen LogP contribution in [0.5, 0.6) is 0 Å². The SMILES string of the molecule is Cc1ccc(C(NC(=O)CCCNC(=O)C(C)(C)C)C2CC2)cc1. The Kier molecular flexibility index (Phi) is 6.03. The van der Waals surface area contributed by atoms with Crippen LogP contribution in [0.3, 0.4) is 0 Å². The van der Waals surface area contributed by atoms with E-state index < -0.39 is 0 Å². The van der Waals surface area contributed by atoms with Crippen molar-refractivity contribution in [3.8, 4) is 0 Å². The minimum Gasteiger partial charge on any atom is -0.356 e. The lowest BCUT2D eigenvalue weighted by atomic mass is 9.96. The average molecular weight is 330 g/mol. The zero-order chi connectivity index (χ0) is 17.7. The summed E-state index contributed by atoms with van der Waals surface area (Å²) in [6.07, 6.45) is 3.47. The third-order valence-corrected chi connectivity index (χ3v) is 4.39. The van der Waals surface area contributed by atoms with Gasteiger partial charge in [-0.05, 0) is 37.7 Å². The summed E-state index contributed by atoms with van der Waals surface area (Å²) >= 11 is 0. The van der Waals surface area contributed by atoms with E-state index in [-0.39, 0.29) is 23.3 Å². The molecule has 1 aliphatic carbocycles. The van der Waals surface area contributed by atoms with Gasteiger partial charge < -0.3 is 10.6 Å². The molecule has 0 spiro atoms. The van der Waals surface area contributed by atoms with Crippen molar-refractivity contribution < 1.29 is 9.59 Å². The van der Waals surface area contributed by atoms with Crippen LogP contribution in [0.15, 0.2) is 24.3 Å². The molecular formula is C20H30N2O2. The molecule has 0 radical (unpaired) electrons. The smallest absolute Gasteiger partial charge is 0.225 e.